The van der Waals surface area contributed by atoms with E-state index < -0.39 is 0 Å². The molecule has 0 unspecified atom stereocenters. The summed E-state index contributed by atoms with van der Waals surface area (Å²) in [6, 6.07) is 0. The second kappa shape index (κ2) is 6.81. The fourth-order valence-corrected chi connectivity index (χ4v) is 0.952. The highest BCUT2D eigenvalue weighted by molar-refractivity contribution is 4.80. The van der Waals surface area contributed by atoms with E-state index in [4.69, 9.17) is 4.74 Å². The third-order valence-electron chi connectivity index (χ3n) is 1.60. The van der Waals surface area contributed by atoms with E-state index in [9.17, 15) is 0 Å². The molecule has 0 amide bonds. The molecule has 60 valence electrons. The Bertz CT molecular complexity index is 72.8. The third kappa shape index (κ3) is 3.67. The van der Waals surface area contributed by atoms with Crippen LogP contribution in [0.25, 0.3) is 0 Å². The summed E-state index contributed by atoms with van der Waals surface area (Å²) in [6.45, 7) is 9.58. The molecule has 1 saturated heterocycles. The minimum Gasteiger partial charge on any atom is -0.381 e. The van der Waals surface area contributed by atoms with E-state index in [2.05, 4.69) is 6.58 Å². The van der Waals surface area contributed by atoms with Gasteiger partial charge in [0.1, 0.15) is 0 Å². The van der Waals surface area contributed by atoms with Gasteiger partial charge in [-0.25, -0.2) is 0 Å². The fourth-order valence-electron chi connectivity index (χ4n) is 0.952. The molecule has 0 N–H and O–H groups in total. The van der Waals surface area contributed by atoms with Gasteiger partial charge < -0.3 is 4.74 Å². The average Bonchev–Trinajstić information content (AvgIpc) is 2.10. The van der Waals surface area contributed by atoms with Crippen LogP contribution in [0, 0.1) is 5.92 Å². The first-order valence-corrected chi connectivity index (χ1v) is 4.14. The van der Waals surface area contributed by atoms with E-state index >= 15 is 0 Å². The normalized spacial score (nSPS) is 19.0. The second-order valence-corrected chi connectivity index (χ2v) is 2.19. The quantitative estimate of drug-likeness (QED) is 0.511. The summed E-state index contributed by atoms with van der Waals surface area (Å²) in [5, 5.41) is 0. The van der Waals surface area contributed by atoms with Gasteiger partial charge in [0.2, 0.25) is 0 Å². The van der Waals surface area contributed by atoms with Gasteiger partial charge in [0, 0.05) is 13.2 Å². The van der Waals surface area contributed by atoms with Crippen LogP contribution in [0.3, 0.4) is 0 Å². The molecule has 0 aromatic carbocycles. The van der Waals surface area contributed by atoms with Gasteiger partial charge in [0.05, 0.1) is 0 Å². The van der Waals surface area contributed by atoms with Crippen molar-refractivity contribution < 1.29 is 4.74 Å². The van der Waals surface area contributed by atoms with Crippen molar-refractivity contribution in [1.29, 1.82) is 0 Å². The van der Waals surface area contributed by atoms with Crippen molar-refractivity contribution in [2.24, 2.45) is 5.92 Å². The lowest BCUT2D eigenvalue weighted by molar-refractivity contribution is 0.0786. The van der Waals surface area contributed by atoms with Crippen LogP contribution >= 0.6 is 0 Å². The summed E-state index contributed by atoms with van der Waals surface area (Å²) < 4.78 is 5.15. The maximum atomic E-state index is 5.15. The third-order valence-corrected chi connectivity index (χ3v) is 1.60. The molecule has 1 aliphatic heterocycles. The standard InChI is InChI=1S/C7H12O.C2H6/c1-2-7-3-5-8-6-4-7;1-2/h2,7H,1,3-6H2;1-2H3. The maximum Gasteiger partial charge on any atom is 0.0471 e. The molecule has 1 nitrogen and oxygen atoms in total. The molecule has 1 fully saturated rings. The van der Waals surface area contributed by atoms with Crippen molar-refractivity contribution >= 4 is 0 Å². The van der Waals surface area contributed by atoms with E-state index in [1.807, 2.05) is 19.9 Å². The first-order chi connectivity index (χ1) is 4.93. The van der Waals surface area contributed by atoms with E-state index in [1.165, 1.54) is 12.8 Å². The highest BCUT2D eigenvalue weighted by Crippen LogP contribution is 2.14. The first-order valence-electron chi connectivity index (χ1n) is 4.14. The minimum absolute atomic E-state index is 0.726. The fraction of sp³-hybridized carbons (Fsp3) is 0.778. The van der Waals surface area contributed by atoms with Crippen molar-refractivity contribution in [3.05, 3.63) is 12.7 Å². The number of ether oxygens (including phenoxy) is 1. The van der Waals surface area contributed by atoms with Gasteiger partial charge in [-0.15, -0.1) is 6.58 Å². The van der Waals surface area contributed by atoms with Gasteiger partial charge in [0.25, 0.3) is 0 Å². The molecular weight excluding hydrogens is 124 g/mol. The van der Waals surface area contributed by atoms with Crippen LogP contribution < -0.4 is 0 Å². The molecular formula is C9H18O. The highest BCUT2D eigenvalue weighted by Gasteiger charge is 2.08. The monoisotopic (exact) mass is 142 g/mol. The predicted octanol–water partition coefficient (Wildman–Crippen LogP) is 2.63. The molecule has 10 heavy (non-hydrogen) atoms. The van der Waals surface area contributed by atoms with Crippen LogP contribution in [0.1, 0.15) is 26.7 Å². The van der Waals surface area contributed by atoms with E-state index in [1.54, 1.807) is 0 Å². The summed E-state index contributed by atoms with van der Waals surface area (Å²) in [6.07, 6.45) is 4.37. The molecule has 0 atom stereocenters. The van der Waals surface area contributed by atoms with E-state index in [0.29, 0.717) is 0 Å². The molecule has 1 aliphatic rings. The molecule has 0 radical (unpaired) electrons. The van der Waals surface area contributed by atoms with Gasteiger partial charge in [0.15, 0.2) is 0 Å². The largest absolute Gasteiger partial charge is 0.381 e. The molecule has 1 heterocycles. The zero-order valence-corrected chi connectivity index (χ0v) is 7.10. The molecule has 0 saturated carbocycles. The van der Waals surface area contributed by atoms with Gasteiger partial charge >= 0.3 is 0 Å². The van der Waals surface area contributed by atoms with Crippen LogP contribution in [0.5, 0.6) is 0 Å². The Morgan fingerprint density at radius 2 is 1.80 bits per heavy atom. The Hall–Kier alpha value is -0.300. The number of hydrogen-bond donors (Lipinski definition) is 0. The van der Waals surface area contributed by atoms with Crippen LogP contribution in [-0.2, 0) is 4.74 Å². The van der Waals surface area contributed by atoms with Crippen molar-refractivity contribution in [1.82, 2.24) is 0 Å². The lowest BCUT2D eigenvalue weighted by Crippen LogP contribution is -2.13. The van der Waals surface area contributed by atoms with Crippen LogP contribution in [0.4, 0.5) is 0 Å². The Morgan fingerprint density at radius 3 is 2.10 bits per heavy atom. The maximum absolute atomic E-state index is 5.15. The predicted molar refractivity (Wildman–Crippen MR) is 45.1 cm³/mol. The molecule has 1 rings (SSSR count). The van der Waals surface area contributed by atoms with Crippen LogP contribution in [-0.4, -0.2) is 13.2 Å². The Labute approximate surface area is 64.1 Å². The summed E-state index contributed by atoms with van der Waals surface area (Å²) in [4.78, 5) is 0. The smallest absolute Gasteiger partial charge is 0.0471 e. The van der Waals surface area contributed by atoms with E-state index in [-0.39, 0.29) is 0 Å². The van der Waals surface area contributed by atoms with Crippen molar-refractivity contribution in [3.63, 3.8) is 0 Å². The van der Waals surface area contributed by atoms with Crippen LogP contribution in [0.2, 0.25) is 0 Å². The molecule has 0 aromatic rings. The Balaban J connectivity index is 0.000000371. The minimum atomic E-state index is 0.726. The average molecular weight is 142 g/mol. The van der Waals surface area contributed by atoms with Crippen molar-refractivity contribution in [3.8, 4) is 0 Å². The topological polar surface area (TPSA) is 9.23 Å². The Kier molecular flexibility index (Phi) is 6.61. The molecule has 0 spiro atoms. The zero-order chi connectivity index (χ0) is 7.82. The summed E-state index contributed by atoms with van der Waals surface area (Å²) >= 11 is 0. The van der Waals surface area contributed by atoms with Gasteiger partial charge in [-0.3, -0.25) is 0 Å². The lowest BCUT2D eigenvalue weighted by Gasteiger charge is -2.17. The molecule has 0 bridgehead atoms. The second-order valence-electron chi connectivity index (χ2n) is 2.19. The summed E-state index contributed by atoms with van der Waals surface area (Å²) in [5.41, 5.74) is 0. The van der Waals surface area contributed by atoms with Crippen LogP contribution in [0.15, 0.2) is 12.7 Å². The van der Waals surface area contributed by atoms with Gasteiger partial charge in [-0.05, 0) is 18.8 Å². The lowest BCUT2D eigenvalue weighted by atomic mass is 10.0. The molecule has 0 aliphatic carbocycles. The SMILES string of the molecule is C=CC1CCOCC1.CC. The van der Waals surface area contributed by atoms with Crippen molar-refractivity contribution in [2.45, 2.75) is 26.7 Å². The highest BCUT2D eigenvalue weighted by atomic mass is 16.5. The first kappa shape index (κ1) is 9.70. The van der Waals surface area contributed by atoms with Crippen molar-refractivity contribution in [2.75, 3.05) is 13.2 Å². The van der Waals surface area contributed by atoms with Gasteiger partial charge in [-0.1, -0.05) is 19.9 Å². The number of hydrogen-bond acceptors (Lipinski definition) is 1. The zero-order valence-electron chi connectivity index (χ0n) is 7.10. The summed E-state index contributed by atoms with van der Waals surface area (Å²) in [7, 11) is 0. The number of allylic oxidation sites excluding steroid dienone is 1. The summed E-state index contributed by atoms with van der Waals surface area (Å²) in [5.74, 6) is 0.726. The van der Waals surface area contributed by atoms with E-state index in [0.717, 1.165) is 19.1 Å². The Morgan fingerprint density at radius 1 is 1.30 bits per heavy atom. The van der Waals surface area contributed by atoms with Gasteiger partial charge in [-0.2, -0.15) is 0 Å². The number of rotatable bonds is 1. The molecule has 0 aromatic heterocycles. The molecule has 1 heteroatoms.